The number of imidazole rings is 1. The van der Waals surface area contributed by atoms with Crippen LogP contribution in [0.15, 0.2) is 43.0 Å². The average Bonchev–Trinajstić information content (AvgIpc) is 3.36. The number of aromatic nitrogens is 6. The van der Waals surface area contributed by atoms with E-state index in [0.717, 1.165) is 24.9 Å². The number of amides is 1. The van der Waals surface area contributed by atoms with Gasteiger partial charge in [0.15, 0.2) is 5.82 Å². The molecule has 0 spiro atoms. The zero-order chi connectivity index (χ0) is 17.2. The van der Waals surface area contributed by atoms with Gasteiger partial charge in [0.2, 0.25) is 0 Å². The molecule has 128 valence electrons. The van der Waals surface area contributed by atoms with E-state index in [1.54, 1.807) is 23.0 Å². The van der Waals surface area contributed by atoms with Crippen molar-refractivity contribution in [2.24, 2.45) is 0 Å². The minimum atomic E-state index is -0.0583. The van der Waals surface area contributed by atoms with Gasteiger partial charge in [-0.2, -0.15) is 4.68 Å². The molecule has 1 amide bonds. The number of nitrogens with one attached hydrogen (secondary N) is 1. The Morgan fingerprint density at radius 3 is 2.76 bits per heavy atom. The van der Waals surface area contributed by atoms with Crippen molar-refractivity contribution in [1.29, 1.82) is 0 Å². The molecule has 1 aliphatic carbocycles. The highest BCUT2D eigenvalue weighted by Gasteiger charge is 2.29. The van der Waals surface area contributed by atoms with Crippen molar-refractivity contribution < 1.29 is 4.79 Å². The van der Waals surface area contributed by atoms with Crippen LogP contribution in [0.1, 0.15) is 41.5 Å². The van der Waals surface area contributed by atoms with Gasteiger partial charge in [-0.1, -0.05) is 0 Å². The number of hydrogen-bond donors (Lipinski definition) is 1. The second-order valence-corrected chi connectivity index (χ2v) is 6.27. The first kappa shape index (κ1) is 15.5. The molecule has 1 fully saturated rings. The summed E-state index contributed by atoms with van der Waals surface area (Å²) in [6.07, 6.45) is 8.69. The Morgan fingerprint density at radius 1 is 1.24 bits per heavy atom. The van der Waals surface area contributed by atoms with Crippen LogP contribution in [-0.4, -0.2) is 41.7 Å². The lowest BCUT2D eigenvalue weighted by molar-refractivity contribution is 0.0929. The average molecular weight is 337 g/mol. The molecule has 1 N–H and O–H groups in total. The summed E-state index contributed by atoms with van der Waals surface area (Å²) in [7, 11) is 0. The number of carbonyl (C=O) groups is 1. The third-order valence-electron chi connectivity index (χ3n) is 4.70. The first-order chi connectivity index (χ1) is 12.2. The second-order valence-electron chi connectivity index (χ2n) is 6.27. The van der Waals surface area contributed by atoms with Crippen LogP contribution >= 0.6 is 0 Å². The maximum Gasteiger partial charge on any atom is 0.251 e. The van der Waals surface area contributed by atoms with Crippen molar-refractivity contribution in [1.82, 2.24) is 35.1 Å². The van der Waals surface area contributed by atoms with Crippen molar-refractivity contribution >= 4 is 5.91 Å². The molecule has 2 aromatic heterocycles. The lowest BCUT2D eigenvalue weighted by Gasteiger charge is -2.22. The Labute approximate surface area is 144 Å². The summed E-state index contributed by atoms with van der Waals surface area (Å²) >= 11 is 0. The monoisotopic (exact) mass is 337 g/mol. The molecular formula is C17H19N7O. The minimum absolute atomic E-state index is 0.0583. The summed E-state index contributed by atoms with van der Waals surface area (Å²) in [6, 6.07) is 7.69. The predicted octanol–water partition coefficient (Wildman–Crippen LogP) is 1.69. The van der Waals surface area contributed by atoms with Gasteiger partial charge >= 0.3 is 0 Å². The first-order valence-corrected chi connectivity index (χ1v) is 8.36. The molecule has 0 saturated heterocycles. The summed E-state index contributed by atoms with van der Waals surface area (Å²) in [4.78, 5) is 16.7. The summed E-state index contributed by atoms with van der Waals surface area (Å²) in [5.74, 6) is 0.642. The number of nitrogens with zero attached hydrogens (tertiary/aromatic N) is 6. The highest BCUT2D eigenvalue weighted by atomic mass is 16.1. The highest BCUT2D eigenvalue weighted by Crippen LogP contribution is 2.30. The van der Waals surface area contributed by atoms with E-state index < -0.39 is 0 Å². The van der Waals surface area contributed by atoms with Gasteiger partial charge in [-0.3, -0.25) is 4.79 Å². The Morgan fingerprint density at radius 2 is 2.08 bits per heavy atom. The molecule has 2 atom stereocenters. The van der Waals surface area contributed by atoms with Crippen LogP contribution in [0.4, 0.5) is 0 Å². The van der Waals surface area contributed by atoms with Crippen LogP contribution < -0.4 is 5.32 Å². The maximum atomic E-state index is 12.6. The van der Waals surface area contributed by atoms with Gasteiger partial charge in [0.25, 0.3) is 5.91 Å². The smallest absolute Gasteiger partial charge is 0.251 e. The molecule has 0 bridgehead atoms. The fraction of sp³-hybridized carbons (Fsp3) is 0.353. The van der Waals surface area contributed by atoms with E-state index in [1.165, 1.54) is 0 Å². The second kappa shape index (κ2) is 6.46. The van der Waals surface area contributed by atoms with Crippen molar-refractivity contribution in [2.45, 2.75) is 38.3 Å². The first-order valence-electron chi connectivity index (χ1n) is 8.36. The SMILES string of the molecule is Cc1nnnn1-c1ccc(C(=O)N[C@@H]2CCC[C@@H]2n2ccnc2)cc1. The predicted molar refractivity (Wildman–Crippen MR) is 90.3 cm³/mol. The fourth-order valence-corrected chi connectivity index (χ4v) is 3.41. The van der Waals surface area contributed by atoms with E-state index in [4.69, 9.17) is 0 Å². The van der Waals surface area contributed by atoms with Gasteiger partial charge in [0.1, 0.15) is 0 Å². The standard InChI is InChI=1S/C17H19N7O/c1-12-20-21-22-24(12)14-7-5-13(6-8-14)17(25)19-15-3-2-4-16(15)23-10-9-18-11-23/h5-11,15-16H,2-4H2,1H3,(H,19,25)/t15-,16+/m1/s1. The number of aryl methyl sites for hydroxylation is 1. The van der Waals surface area contributed by atoms with E-state index in [2.05, 4.69) is 30.4 Å². The van der Waals surface area contributed by atoms with Gasteiger partial charge in [-0.05, 0) is 60.9 Å². The molecule has 1 aliphatic rings. The topological polar surface area (TPSA) is 90.5 Å². The van der Waals surface area contributed by atoms with Crippen LogP contribution in [0.5, 0.6) is 0 Å². The third kappa shape index (κ3) is 3.02. The Kier molecular flexibility index (Phi) is 4.01. The number of carbonyl (C=O) groups excluding carboxylic acids is 1. The number of rotatable bonds is 4. The van der Waals surface area contributed by atoms with Crippen molar-refractivity contribution in [2.75, 3.05) is 0 Å². The van der Waals surface area contributed by atoms with Gasteiger partial charge in [0, 0.05) is 24.0 Å². The van der Waals surface area contributed by atoms with Crippen LogP contribution in [0.2, 0.25) is 0 Å². The summed E-state index contributed by atoms with van der Waals surface area (Å²) in [5, 5.41) is 14.6. The fourth-order valence-electron chi connectivity index (χ4n) is 3.41. The lowest BCUT2D eigenvalue weighted by Crippen LogP contribution is -2.38. The summed E-state index contributed by atoms with van der Waals surface area (Å²) in [5.41, 5.74) is 1.46. The van der Waals surface area contributed by atoms with Crippen molar-refractivity contribution in [3.63, 3.8) is 0 Å². The molecule has 8 nitrogen and oxygen atoms in total. The molecule has 1 aromatic carbocycles. The zero-order valence-corrected chi connectivity index (χ0v) is 13.9. The quantitative estimate of drug-likeness (QED) is 0.782. The molecule has 8 heteroatoms. The van der Waals surface area contributed by atoms with Crippen LogP contribution in [-0.2, 0) is 0 Å². The van der Waals surface area contributed by atoms with Crippen LogP contribution in [0.3, 0.4) is 0 Å². The summed E-state index contributed by atoms with van der Waals surface area (Å²) < 4.78 is 3.72. The molecule has 25 heavy (non-hydrogen) atoms. The van der Waals surface area contributed by atoms with E-state index in [1.807, 2.05) is 31.6 Å². The molecule has 0 aliphatic heterocycles. The molecule has 0 unspecified atom stereocenters. The van der Waals surface area contributed by atoms with Crippen molar-refractivity contribution in [3.05, 3.63) is 54.4 Å². The number of tetrazole rings is 1. The summed E-state index contributed by atoms with van der Waals surface area (Å²) in [6.45, 7) is 1.83. The van der Waals surface area contributed by atoms with Gasteiger partial charge in [-0.25, -0.2) is 4.98 Å². The van der Waals surface area contributed by atoms with Gasteiger partial charge in [0.05, 0.1) is 18.1 Å². The molecule has 3 aromatic rings. The van der Waals surface area contributed by atoms with Gasteiger partial charge in [-0.15, -0.1) is 5.10 Å². The molecule has 0 radical (unpaired) electrons. The molecule has 2 heterocycles. The normalized spacial score (nSPS) is 19.9. The maximum absolute atomic E-state index is 12.6. The molecular weight excluding hydrogens is 318 g/mol. The minimum Gasteiger partial charge on any atom is -0.347 e. The van der Waals surface area contributed by atoms with Crippen LogP contribution in [0, 0.1) is 6.92 Å². The van der Waals surface area contributed by atoms with E-state index in [0.29, 0.717) is 11.4 Å². The largest absolute Gasteiger partial charge is 0.347 e. The third-order valence-corrected chi connectivity index (χ3v) is 4.70. The Balaban J connectivity index is 1.47. The van der Waals surface area contributed by atoms with E-state index in [9.17, 15) is 4.79 Å². The zero-order valence-electron chi connectivity index (χ0n) is 13.9. The number of benzene rings is 1. The Bertz CT molecular complexity index is 854. The van der Waals surface area contributed by atoms with Crippen molar-refractivity contribution in [3.8, 4) is 5.69 Å². The number of hydrogen-bond acceptors (Lipinski definition) is 5. The highest BCUT2D eigenvalue weighted by molar-refractivity contribution is 5.94. The van der Waals surface area contributed by atoms with Gasteiger partial charge < -0.3 is 9.88 Å². The molecule has 4 rings (SSSR count). The molecule has 1 saturated carbocycles. The van der Waals surface area contributed by atoms with E-state index in [-0.39, 0.29) is 18.0 Å². The lowest BCUT2D eigenvalue weighted by atomic mass is 10.1. The van der Waals surface area contributed by atoms with Crippen LogP contribution in [0.25, 0.3) is 5.69 Å². The van der Waals surface area contributed by atoms with E-state index >= 15 is 0 Å². The Hall–Kier alpha value is -3.03.